The van der Waals surface area contributed by atoms with Gasteiger partial charge in [0.15, 0.2) is 0 Å². The van der Waals surface area contributed by atoms with Crippen LogP contribution in [-0.4, -0.2) is 32.4 Å². The molecular formula is C19H17N5O2. The van der Waals surface area contributed by atoms with Gasteiger partial charge in [0, 0.05) is 30.7 Å². The monoisotopic (exact) mass is 347 g/mol. The van der Waals surface area contributed by atoms with Gasteiger partial charge < -0.3 is 10.1 Å². The van der Waals surface area contributed by atoms with Crippen LogP contribution in [0.1, 0.15) is 10.5 Å². The van der Waals surface area contributed by atoms with Crippen molar-refractivity contribution in [3.63, 3.8) is 0 Å². The first-order valence-electron chi connectivity index (χ1n) is 8.07. The summed E-state index contributed by atoms with van der Waals surface area (Å²) in [5.41, 5.74) is 3.68. The Bertz CT molecular complexity index is 1100. The first-order valence-corrected chi connectivity index (χ1v) is 8.07. The second kappa shape index (κ2) is 6.36. The average molecular weight is 347 g/mol. The lowest BCUT2D eigenvalue weighted by Crippen LogP contribution is -2.16. The number of methoxy groups -OCH3 is 1. The minimum absolute atomic E-state index is 0.224. The fourth-order valence-electron chi connectivity index (χ4n) is 2.80. The summed E-state index contributed by atoms with van der Waals surface area (Å²) in [5, 5.41) is 11.5. The number of fused-ring (bicyclic) bond motifs is 1. The minimum atomic E-state index is -0.224. The van der Waals surface area contributed by atoms with E-state index in [1.165, 1.54) is 0 Å². The van der Waals surface area contributed by atoms with Crippen molar-refractivity contribution in [2.45, 2.75) is 0 Å². The number of pyridine rings is 1. The van der Waals surface area contributed by atoms with Crippen LogP contribution in [-0.2, 0) is 7.05 Å². The molecule has 0 atom stereocenters. The maximum Gasteiger partial charge on any atom is 0.273 e. The highest BCUT2D eigenvalue weighted by atomic mass is 16.5. The molecule has 0 radical (unpaired) electrons. The van der Waals surface area contributed by atoms with Crippen LogP contribution in [0.15, 0.2) is 60.9 Å². The normalized spacial score (nSPS) is 10.8. The summed E-state index contributed by atoms with van der Waals surface area (Å²) in [6.07, 6.45) is 3.51. The van der Waals surface area contributed by atoms with E-state index in [9.17, 15) is 4.79 Å². The van der Waals surface area contributed by atoms with Gasteiger partial charge in [0.05, 0.1) is 18.3 Å². The molecule has 4 rings (SSSR count). The molecule has 3 aromatic heterocycles. The van der Waals surface area contributed by atoms with Crippen LogP contribution in [0, 0.1) is 0 Å². The number of carbonyl (C=O) groups excluding carboxylic acids is 1. The van der Waals surface area contributed by atoms with E-state index in [-0.39, 0.29) is 5.91 Å². The lowest BCUT2D eigenvalue weighted by atomic mass is 10.1. The molecule has 0 spiro atoms. The van der Waals surface area contributed by atoms with E-state index in [1.54, 1.807) is 47.9 Å². The van der Waals surface area contributed by atoms with E-state index in [4.69, 9.17) is 4.74 Å². The van der Waals surface area contributed by atoms with E-state index < -0.39 is 0 Å². The van der Waals surface area contributed by atoms with Crippen molar-refractivity contribution in [3.8, 4) is 17.0 Å². The van der Waals surface area contributed by atoms with Gasteiger partial charge in [0.1, 0.15) is 11.4 Å². The molecule has 26 heavy (non-hydrogen) atoms. The molecule has 0 fully saturated rings. The number of aryl methyl sites for hydroxylation is 1. The molecule has 0 bridgehead atoms. The molecule has 1 amide bonds. The average Bonchev–Trinajstić information content (AvgIpc) is 3.27. The topological polar surface area (TPSA) is 73.4 Å². The summed E-state index contributed by atoms with van der Waals surface area (Å²) in [5.74, 6) is 0.520. The Morgan fingerprint density at radius 3 is 2.88 bits per heavy atom. The highest BCUT2D eigenvalue weighted by Crippen LogP contribution is 2.23. The van der Waals surface area contributed by atoms with E-state index in [0.717, 1.165) is 16.8 Å². The van der Waals surface area contributed by atoms with Crippen molar-refractivity contribution in [2.75, 3.05) is 12.4 Å². The number of rotatable bonds is 4. The van der Waals surface area contributed by atoms with Crippen molar-refractivity contribution < 1.29 is 9.53 Å². The number of hydrogen-bond acceptors (Lipinski definition) is 4. The van der Waals surface area contributed by atoms with Gasteiger partial charge in [-0.25, -0.2) is 4.52 Å². The molecule has 1 N–H and O–H groups in total. The number of anilines is 1. The second-order valence-corrected chi connectivity index (χ2v) is 5.84. The maximum atomic E-state index is 12.7. The van der Waals surface area contributed by atoms with Crippen molar-refractivity contribution in [1.82, 2.24) is 19.4 Å². The number of aromatic nitrogens is 4. The molecule has 3 heterocycles. The van der Waals surface area contributed by atoms with Crippen LogP contribution in [0.25, 0.3) is 16.8 Å². The first-order chi connectivity index (χ1) is 12.6. The second-order valence-electron chi connectivity index (χ2n) is 5.84. The van der Waals surface area contributed by atoms with Crippen molar-refractivity contribution in [3.05, 3.63) is 66.6 Å². The van der Waals surface area contributed by atoms with Crippen LogP contribution >= 0.6 is 0 Å². The Balaban J connectivity index is 1.60. The van der Waals surface area contributed by atoms with Crippen molar-refractivity contribution in [2.24, 2.45) is 7.05 Å². The fourth-order valence-corrected chi connectivity index (χ4v) is 2.80. The maximum absolute atomic E-state index is 12.7. The number of nitrogens with one attached hydrogen (secondary N) is 1. The molecular weight excluding hydrogens is 330 g/mol. The van der Waals surface area contributed by atoms with Crippen LogP contribution in [0.5, 0.6) is 5.75 Å². The third kappa shape index (κ3) is 2.90. The SMILES string of the molecule is COc1cccc(-c2cc(C(=O)Nc3ccn4nccc4c3)n(C)n2)c1. The smallest absolute Gasteiger partial charge is 0.273 e. The number of carbonyl (C=O) groups is 1. The molecule has 7 nitrogen and oxygen atoms in total. The zero-order chi connectivity index (χ0) is 18.1. The zero-order valence-corrected chi connectivity index (χ0v) is 14.4. The Morgan fingerprint density at radius 1 is 1.15 bits per heavy atom. The van der Waals surface area contributed by atoms with Gasteiger partial charge in [-0.05, 0) is 36.4 Å². The zero-order valence-electron chi connectivity index (χ0n) is 14.4. The van der Waals surface area contributed by atoms with Gasteiger partial charge in [-0.3, -0.25) is 9.48 Å². The number of ether oxygens (including phenoxy) is 1. The third-order valence-electron chi connectivity index (χ3n) is 4.14. The number of benzene rings is 1. The van der Waals surface area contributed by atoms with Crippen molar-refractivity contribution in [1.29, 1.82) is 0 Å². The Kier molecular flexibility index (Phi) is 3.89. The lowest BCUT2D eigenvalue weighted by Gasteiger charge is -2.05. The highest BCUT2D eigenvalue weighted by Gasteiger charge is 2.15. The van der Waals surface area contributed by atoms with Gasteiger partial charge in [-0.2, -0.15) is 10.2 Å². The van der Waals surface area contributed by atoms with E-state index in [2.05, 4.69) is 15.5 Å². The predicted octanol–water partition coefficient (Wildman–Crippen LogP) is 3.00. The molecule has 130 valence electrons. The first kappa shape index (κ1) is 15.9. The summed E-state index contributed by atoms with van der Waals surface area (Å²) >= 11 is 0. The van der Waals surface area contributed by atoms with Gasteiger partial charge >= 0.3 is 0 Å². The lowest BCUT2D eigenvalue weighted by molar-refractivity contribution is 0.101. The quantitative estimate of drug-likeness (QED) is 0.616. The number of amides is 1. The molecule has 4 aromatic rings. The van der Waals surface area contributed by atoms with Crippen molar-refractivity contribution >= 4 is 17.1 Å². The summed E-state index contributed by atoms with van der Waals surface area (Å²) in [6, 6.07) is 14.9. The summed E-state index contributed by atoms with van der Waals surface area (Å²) < 4.78 is 8.56. The van der Waals surface area contributed by atoms with E-state index in [0.29, 0.717) is 17.1 Å². The number of hydrogen-bond donors (Lipinski definition) is 1. The molecule has 0 unspecified atom stereocenters. The molecule has 0 aliphatic rings. The highest BCUT2D eigenvalue weighted by molar-refractivity contribution is 6.04. The molecule has 0 aliphatic carbocycles. The standard InChI is InChI=1S/C19H17N5O2/c1-23-18(12-17(22-23)13-4-3-5-16(10-13)26-2)19(25)21-14-7-9-24-15(11-14)6-8-20-24/h3-12H,1-2H3,(H,21,25). The van der Waals surface area contributed by atoms with Crippen LogP contribution in [0.3, 0.4) is 0 Å². The van der Waals surface area contributed by atoms with Crippen LogP contribution in [0.2, 0.25) is 0 Å². The molecule has 0 aliphatic heterocycles. The summed E-state index contributed by atoms with van der Waals surface area (Å²) in [6.45, 7) is 0. The Labute approximate surface area is 149 Å². The van der Waals surface area contributed by atoms with Gasteiger partial charge in [-0.1, -0.05) is 12.1 Å². The van der Waals surface area contributed by atoms with E-state index in [1.807, 2.05) is 36.4 Å². The van der Waals surface area contributed by atoms with Gasteiger partial charge in [0.25, 0.3) is 5.91 Å². The molecule has 0 saturated heterocycles. The number of nitrogens with zero attached hydrogens (tertiary/aromatic N) is 4. The van der Waals surface area contributed by atoms with Gasteiger partial charge in [-0.15, -0.1) is 0 Å². The Morgan fingerprint density at radius 2 is 2.04 bits per heavy atom. The largest absolute Gasteiger partial charge is 0.497 e. The fraction of sp³-hybridized carbons (Fsp3) is 0.105. The minimum Gasteiger partial charge on any atom is -0.497 e. The predicted molar refractivity (Wildman–Crippen MR) is 98.3 cm³/mol. The molecule has 1 aromatic carbocycles. The Hall–Kier alpha value is -3.61. The molecule has 0 saturated carbocycles. The van der Waals surface area contributed by atoms with Crippen LogP contribution in [0.4, 0.5) is 5.69 Å². The summed E-state index contributed by atoms with van der Waals surface area (Å²) in [4.78, 5) is 12.7. The van der Waals surface area contributed by atoms with E-state index >= 15 is 0 Å². The van der Waals surface area contributed by atoms with Crippen LogP contribution < -0.4 is 10.1 Å². The summed E-state index contributed by atoms with van der Waals surface area (Å²) in [7, 11) is 3.37. The molecule has 7 heteroatoms. The third-order valence-corrected chi connectivity index (χ3v) is 4.14. The van der Waals surface area contributed by atoms with Gasteiger partial charge in [0.2, 0.25) is 0 Å².